The molecule has 2 aromatic rings. The van der Waals surface area contributed by atoms with Crippen molar-refractivity contribution in [3.8, 4) is 0 Å². The van der Waals surface area contributed by atoms with Crippen molar-refractivity contribution >= 4 is 34.3 Å². The van der Waals surface area contributed by atoms with Gasteiger partial charge < -0.3 is 10.6 Å². The predicted octanol–water partition coefficient (Wildman–Crippen LogP) is 5.40. The second-order valence-electron chi connectivity index (χ2n) is 7.38. The van der Waals surface area contributed by atoms with Crippen LogP contribution in [0, 0.1) is 11.7 Å². The van der Waals surface area contributed by atoms with Crippen molar-refractivity contribution in [1.82, 2.24) is 15.6 Å². The van der Waals surface area contributed by atoms with Crippen LogP contribution in [0.2, 0.25) is 5.02 Å². The third-order valence-electron chi connectivity index (χ3n) is 4.96. The molecule has 0 unspecified atom stereocenters. The lowest BCUT2D eigenvalue weighted by atomic mass is 9.98. The van der Waals surface area contributed by atoms with Crippen LogP contribution in [0.3, 0.4) is 0 Å². The number of rotatable bonds is 6. The Morgan fingerprint density at radius 1 is 1.20 bits per heavy atom. The molecule has 0 aliphatic heterocycles. The summed E-state index contributed by atoms with van der Waals surface area (Å²) < 4.78 is 14.0. The van der Waals surface area contributed by atoms with Crippen molar-refractivity contribution in [2.45, 2.75) is 41.0 Å². The van der Waals surface area contributed by atoms with Crippen LogP contribution in [-0.4, -0.2) is 23.8 Å². The van der Waals surface area contributed by atoms with E-state index >= 15 is 0 Å². The molecule has 1 heterocycles. The second kappa shape index (κ2) is 9.85. The molecule has 7 heteroatoms. The number of hydrogen-bond acceptors (Lipinski definition) is 3. The van der Waals surface area contributed by atoms with Gasteiger partial charge in [-0.3, -0.25) is 9.59 Å². The lowest BCUT2D eigenvalue weighted by Crippen LogP contribution is -2.27. The lowest BCUT2D eigenvalue weighted by Gasteiger charge is -2.18. The number of pyridine rings is 1. The summed E-state index contributed by atoms with van der Waals surface area (Å²) >= 11 is 5.95. The Morgan fingerprint density at radius 2 is 1.87 bits per heavy atom. The van der Waals surface area contributed by atoms with Crippen molar-refractivity contribution in [2.24, 2.45) is 5.92 Å². The molecule has 2 rings (SSSR count). The van der Waals surface area contributed by atoms with Gasteiger partial charge in [0, 0.05) is 24.2 Å². The standard InChI is InChI=1S/C23H27ClFN3O2/c1-7-8-13(4)21(14(5)12(2)3)28-22(29)16-10-20(23(30)26-6)27-19-11-18(25)17(24)9-15(16)19/h8-12H,7H2,1-6H3,(H,26,30)(H,28,29)/b13-8-,21-14+. The molecule has 0 radical (unpaired) electrons. The Morgan fingerprint density at radius 3 is 2.43 bits per heavy atom. The summed E-state index contributed by atoms with van der Waals surface area (Å²) in [6.45, 7) is 10.0. The highest BCUT2D eigenvalue weighted by Crippen LogP contribution is 2.26. The smallest absolute Gasteiger partial charge is 0.269 e. The van der Waals surface area contributed by atoms with Gasteiger partial charge in [-0.25, -0.2) is 9.37 Å². The summed E-state index contributed by atoms with van der Waals surface area (Å²) in [7, 11) is 1.46. The summed E-state index contributed by atoms with van der Waals surface area (Å²) in [5.41, 5.74) is 3.10. The first-order valence-electron chi connectivity index (χ1n) is 9.81. The van der Waals surface area contributed by atoms with Crippen LogP contribution < -0.4 is 10.6 Å². The molecule has 160 valence electrons. The van der Waals surface area contributed by atoms with E-state index in [-0.39, 0.29) is 27.7 Å². The van der Waals surface area contributed by atoms with Crippen LogP contribution in [0.25, 0.3) is 10.9 Å². The quantitative estimate of drug-likeness (QED) is 0.601. The summed E-state index contributed by atoms with van der Waals surface area (Å²) in [6, 6.07) is 3.88. The molecule has 0 fully saturated rings. The third-order valence-corrected chi connectivity index (χ3v) is 5.25. The van der Waals surface area contributed by atoms with Gasteiger partial charge in [-0.2, -0.15) is 0 Å². The highest BCUT2D eigenvalue weighted by molar-refractivity contribution is 6.31. The van der Waals surface area contributed by atoms with E-state index in [0.717, 1.165) is 29.3 Å². The number of carbonyl (C=O) groups excluding carboxylic acids is 2. The number of allylic oxidation sites excluding steroid dienone is 3. The average molecular weight is 432 g/mol. The van der Waals surface area contributed by atoms with Gasteiger partial charge in [0.1, 0.15) is 11.5 Å². The summed E-state index contributed by atoms with van der Waals surface area (Å²) in [5, 5.41) is 5.70. The first-order chi connectivity index (χ1) is 14.1. The lowest BCUT2D eigenvalue weighted by molar-refractivity contribution is 0.0958. The number of carbonyl (C=O) groups is 2. The van der Waals surface area contributed by atoms with E-state index in [4.69, 9.17) is 11.6 Å². The molecule has 0 saturated heterocycles. The van der Waals surface area contributed by atoms with Gasteiger partial charge in [0.05, 0.1) is 16.1 Å². The van der Waals surface area contributed by atoms with Crippen LogP contribution >= 0.6 is 11.6 Å². The number of hydrogen-bond donors (Lipinski definition) is 2. The zero-order valence-corrected chi connectivity index (χ0v) is 18.9. The Labute approximate surface area is 181 Å². The van der Waals surface area contributed by atoms with Gasteiger partial charge in [0.15, 0.2) is 0 Å². The molecular formula is C23H27ClFN3O2. The monoisotopic (exact) mass is 431 g/mol. The molecule has 0 bridgehead atoms. The highest BCUT2D eigenvalue weighted by atomic mass is 35.5. The van der Waals surface area contributed by atoms with E-state index in [0.29, 0.717) is 5.39 Å². The van der Waals surface area contributed by atoms with E-state index < -0.39 is 17.6 Å². The number of nitrogens with one attached hydrogen (secondary N) is 2. The first-order valence-corrected chi connectivity index (χ1v) is 10.2. The van der Waals surface area contributed by atoms with Crippen LogP contribution in [0.4, 0.5) is 4.39 Å². The zero-order chi connectivity index (χ0) is 22.6. The maximum atomic E-state index is 14.0. The van der Waals surface area contributed by atoms with Gasteiger partial charge in [-0.1, -0.05) is 38.4 Å². The molecule has 0 saturated carbocycles. The van der Waals surface area contributed by atoms with E-state index in [1.807, 2.05) is 26.8 Å². The summed E-state index contributed by atoms with van der Waals surface area (Å²) in [6.07, 6.45) is 2.86. The fraction of sp³-hybridized carbons (Fsp3) is 0.348. The molecular weight excluding hydrogens is 405 g/mol. The van der Waals surface area contributed by atoms with Gasteiger partial charge in [0.25, 0.3) is 11.8 Å². The summed E-state index contributed by atoms with van der Waals surface area (Å²) in [5.74, 6) is -1.35. The van der Waals surface area contributed by atoms with E-state index in [1.165, 1.54) is 19.2 Å². The van der Waals surface area contributed by atoms with Gasteiger partial charge in [0.2, 0.25) is 0 Å². The number of fused-ring (bicyclic) bond motifs is 1. The molecule has 2 N–H and O–H groups in total. The van der Waals surface area contributed by atoms with Crippen molar-refractivity contribution in [1.29, 1.82) is 0 Å². The molecule has 30 heavy (non-hydrogen) atoms. The third kappa shape index (κ3) is 5.05. The molecule has 2 amide bonds. The van der Waals surface area contributed by atoms with Crippen LogP contribution in [0.15, 0.2) is 41.1 Å². The zero-order valence-electron chi connectivity index (χ0n) is 18.1. The number of nitrogens with zero attached hydrogens (tertiary/aromatic N) is 1. The molecule has 0 spiro atoms. The maximum absolute atomic E-state index is 14.0. The minimum Gasteiger partial charge on any atom is -0.354 e. The topological polar surface area (TPSA) is 71.1 Å². The first kappa shape index (κ1) is 23.5. The molecule has 1 aromatic carbocycles. The maximum Gasteiger partial charge on any atom is 0.269 e. The molecule has 0 aliphatic carbocycles. The highest BCUT2D eigenvalue weighted by Gasteiger charge is 2.20. The van der Waals surface area contributed by atoms with Gasteiger partial charge in [-0.15, -0.1) is 0 Å². The second-order valence-corrected chi connectivity index (χ2v) is 7.79. The van der Waals surface area contributed by atoms with Crippen LogP contribution in [0.1, 0.15) is 61.9 Å². The van der Waals surface area contributed by atoms with E-state index in [2.05, 4.69) is 29.5 Å². The molecule has 0 atom stereocenters. The minimum atomic E-state index is -0.671. The number of aromatic nitrogens is 1. The number of halogens is 2. The predicted molar refractivity (Wildman–Crippen MR) is 119 cm³/mol. The van der Waals surface area contributed by atoms with Crippen molar-refractivity contribution in [3.05, 3.63) is 63.2 Å². The van der Waals surface area contributed by atoms with E-state index in [9.17, 15) is 14.0 Å². The Hall–Kier alpha value is -2.73. The average Bonchev–Trinajstić information content (AvgIpc) is 2.70. The minimum absolute atomic E-state index is 0.0174. The Balaban J connectivity index is 2.68. The Bertz CT molecular complexity index is 1060. The molecule has 1 aromatic heterocycles. The van der Waals surface area contributed by atoms with Gasteiger partial charge >= 0.3 is 0 Å². The van der Waals surface area contributed by atoms with Gasteiger partial charge in [-0.05, 0) is 49.5 Å². The molecule has 0 aliphatic rings. The Kier molecular flexibility index (Phi) is 7.73. The SMILES string of the molecule is CC/C=C(C)\C(NC(=O)c1cc(C(=O)NC)nc2cc(F)c(Cl)cc12)=C(\C)C(C)C. The van der Waals surface area contributed by atoms with Crippen LogP contribution in [0.5, 0.6) is 0 Å². The largest absolute Gasteiger partial charge is 0.354 e. The number of amides is 2. The van der Waals surface area contributed by atoms with Crippen molar-refractivity contribution < 1.29 is 14.0 Å². The number of benzene rings is 1. The summed E-state index contributed by atoms with van der Waals surface area (Å²) in [4.78, 5) is 29.6. The van der Waals surface area contributed by atoms with Crippen molar-refractivity contribution in [3.63, 3.8) is 0 Å². The van der Waals surface area contributed by atoms with Crippen molar-refractivity contribution in [2.75, 3.05) is 7.05 Å². The van der Waals surface area contributed by atoms with Crippen LogP contribution in [-0.2, 0) is 0 Å². The molecule has 5 nitrogen and oxygen atoms in total. The van der Waals surface area contributed by atoms with E-state index in [1.54, 1.807) is 0 Å². The fourth-order valence-corrected chi connectivity index (χ4v) is 3.20. The fourth-order valence-electron chi connectivity index (χ4n) is 3.04. The normalized spacial score (nSPS) is 12.8.